The lowest BCUT2D eigenvalue weighted by atomic mass is 10.0. The molecule has 1 saturated heterocycles. The summed E-state index contributed by atoms with van der Waals surface area (Å²) in [6.07, 6.45) is 1.68. The molecule has 31 heavy (non-hydrogen) atoms. The zero-order valence-corrected chi connectivity index (χ0v) is 17.8. The van der Waals surface area contributed by atoms with Crippen molar-refractivity contribution in [1.29, 1.82) is 0 Å². The number of nitrogens with one attached hydrogen (secondary N) is 1. The van der Waals surface area contributed by atoms with Gasteiger partial charge < -0.3 is 14.6 Å². The first kappa shape index (κ1) is 19.7. The quantitative estimate of drug-likeness (QED) is 0.700. The average Bonchev–Trinajstić information content (AvgIpc) is 3.26. The maximum Gasteiger partial charge on any atom is 0.270 e. The van der Waals surface area contributed by atoms with Gasteiger partial charge in [0.15, 0.2) is 5.82 Å². The Bertz CT molecular complexity index is 1120. The monoisotopic (exact) mass is 418 g/mol. The van der Waals surface area contributed by atoms with Crippen molar-refractivity contribution < 1.29 is 9.21 Å². The minimum absolute atomic E-state index is 0.0599. The van der Waals surface area contributed by atoms with Gasteiger partial charge >= 0.3 is 0 Å². The summed E-state index contributed by atoms with van der Waals surface area (Å²) in [4.78, 5) is 31.8. The summed E-state index contributed by atoms with van der Waals surface area (Å²) < 4.78 is 5.50. The molecule has 0 radical (unpaired) electrons. The number of amidine groups is 1. The Kier molecular flexibility index (Phi) is 5.15. The van der Waals surface area contributed by atoms with Crippen LogP contribution < -0.4 is 5.32 Å². The molecular weight excluding hydrogens is 392 g/mol. The maximum absolute atomic E-state index is 13.2. The standard InChI is InChI=1S/C23H26N6O2/c1-15(2)21-23(30)26-20-14-28(12-16-6-5-11-31-16)9-10-29(20)13-19-24-18-8-4-3-7-17(18)22(25-19)27-21/h3-8,11,15,21H,9-10,12-14H2,1-2H3,(H,24,25,27)/t21-/m0/s1. The van der Waals surface area contributed by atoms with Crippen LogP contribution in [0.4, 0.5) is 5.82 Å². The number of hydrogen-bond donors (Lipinski definition) is 1. The third-order valence-electron chi connectivity index (χ3n) is 5.82. The molecule has 1 aromatic carbocycles. The van der Waals surface area contributed by atoms with Crippen molar-refractivity contribution in [1.82, 2.24) is 19.8 Å². The predicted octanol–water partition coefficient (Wildman–Crippen LogP) is 2.92. The van der Waals surface area contributed by atoms with Gasteiger partial charge in [-0.2, -0.15) is 4.99 Å². The highest BCUT2D eigenvalue weighted by Gasteiger charge is 2.30. The summed E-state index contributed by atoms with van der Waals surface area (Å²) in [7, 11) is 0. The SMILES string of the molecule is CC(C)[C@@H]1Nc2nc(nc3ccccc23)CN2CCN(Cc3ccco3)CC2=NC1=O. The van der Waals surface area contributed by atoms with Crippen LogP contribution in [0.2, 0.25) is 0 Å². The number of anilines is 1. The van der Waals surface area contributed by atoms with Gasteiger partial charge in [0.05, 0.1) is 31.4 Å². The van der Waals surface area contributed by atoms with E-state index in [0.717, 1.165) is 41.4 Å². The second-order valence-corrected chi connectivity index (χ2v) is 8.45. The van der Waals surface area contributed by atoms with E-state index in [1.807, 2.05) is 50.2 Å². The Morgan fingerprint density at radius 1 is 1.13 bits per heavy atom. The summed E-state index contributed by atoms with van der Waals surface area (Å²) in [5, 5.41) is 4.28. The predicted molar refractivity (Wildman–Crippen MR) is 119 cm³/mol. The van der Waals surface area contributed by atoms with Crippen molar-refractivity contribution in [3.05, 3.63) is 54.2 Å². The fourth-order valence-electron chi connectivity index (χ4n) is 4.14. The van der Waals surface area contributed by atoms with Crippen molar-refractivity contribution in [2.45, 2.75) is 33.0 Å². The van der Waals surface area contributed by atoms with E-state index in [1.165, 1.54) is 0 Å². The van der Waals surface area contributed by atoms with E-state index in [9.17, 15) is 4.79 Å². The van der Waals surface area contributed by atoms with Crippen molar-refractivity contribution in [2.75, 3.05) is 25.0 Å². The van der Waals surface area contributed by atoms with E-state index in [4.69, 9.17) is 14.4 Å². The molecule has 4 heterocycles. The number of aliphatic imine (C=N–C) groups is 1. The Labute approximate surface area is 181 Å². The highest BCUT2D eigenvalue weighted by atomic mass is 16.3. The average molecular weight is 419 g/mol. The number of fused-ring (bicyclic) bond motifs is 5. The molecule has 1 fully saturated rings. The van der Waals surface area contributed by atoms with Crippen LogP contribution in [-0.2, 0) is 17.9 Å². The van der Waals surface area contributed by atoms with Gasteiger partial charge in [-0.25, -0.2) is 9.97 Å². The number of aromatic nitrogens is 2. The van der Waals surface area contributed by atoms with Crippen LogP contribution in [0, 0.1) is 5.92 Å². The summed E-state index contributed by atoms with van der Waals surface area (Å²) in [5.74, 6) is 2.98. The molecule has 1 amide bonds. The van der Waals surface area contributed by atoms with Crippen LogP contribution in [0.15, 0.2) is 52.1 Å². The number of rotatable bonds is 3. The normalized spacial score (nSPS) is 19.8. The minimum atomic E-state index is -0.459. The molecule has 2 aliphatic rings. The molecule has 2 aromatic heterocycles. The molecule has 8 nitrogen and oxygen atoms in total. The number of amides is 1. The van der Waals surface area contributed by atoms with Crippen LogP contribution in [0.3, 0.4) is 0 Å². The minimum Gasteiger partial charge on any atom is -0.468 e. The maximum atomic E-state index is 13.2. The highest BCUT2D eigenvalue weighted by molar-refractivity contribution is 6.00. The van der Waals surface area contributed by atoms with Crippen LogP contribution >= 0.6 is 0 Å². The van der Waals surface area contributed by atoms with E-state index in [-0.39, 0.29) is 11.8 Å². The fraction of sp³-hybridized carbons (Fsp3) is 0.391. The lowest BCUT2D eigenvalue weighted by Gasteiger charge is -2.37. The van der Waals surface area contributed by atoms with Crippen molar-refractivity contribution >= 4 is 28.5 Å². The molecule has 3 aromatic rings. The number of benzene rings is 1. The number of furan rings is 1. The molecule has 0 unspecified atom stereocenters. The fourth-order valence-corrected chi connectivity index (χ4v) is 4.14. The van der Waals surface area contributed by atoms with Gasteiger partial charge in [-0.1, -0.05) is 26.0 Å². The summed E-state index contributed by atoms with van der Waals surface area (Å²) in [5.41, 5.74) is 0.875. The zero-order chi connectivity index (χ0) is 21.4. The number of hydrogen-bond acceptors (Lipinski definition) is 7. The lowest BCUT2D eigenvalue weighted by molar-refractivity contribution is -0.119. The van der Waals surface area contributed by atoms with Crippen LogP contribution in [0.1, 0.15) is 25.4 Å². The van der Waals surface area contributed by atoms with E-state index in [1.54, 1.807) is 6.26 Å². The summed E-state index contributed by atoms with van der Waals surface area (Å²) in [6.45, 7) is 7.43. The molecule has 160 valence electrons. The number of piperazine rings is 1. The molecule has 0 saturated carbocycles. The smallest absolute Gasteiger partial charge is 0.270 e. The molecule has 1 atom stereocenters. The van der Waals surface area contributed by atoms with E-state index in [0.29, 0.717) is 25.5 Å². The third-order valence-corrected chi connectivity index (χ3v) is 5.82. The summed E-state index contributed by atoms with van der Waals surface area (Å²) >= 11 is 0. The summed E-state index contributed by atoms with van der Waals surface area (Å²) in [6, 6.07) is 11.3. The molecule has 5 rings (SSSR count). The largest absolute Gasteiger partial charge is 0.468 e. The van der Waals surface area contributed by atoms with Crippen LogP contribution in [0.5, 0.6) is 0 Å². The van der Waals surface area contributed by atoms with E-state index >= 15 is 0 Å². The van der Waals surface area contributed by atoms with Gasteiger partial charge in [0.2, 0.25) is 0 Å². The molecular formula is C23H26N6O2. The number of nitrogens with zero attached hydrogens (tertiary/aromatic N) is 5. The van der Waals surface area contributed by atoms with Crippen molar-refractivity contribution in [3.63, 3.8) is 0 Å². The van der Waals surface area contributed by atoms with Crippen LogP contribution in [0.25, 0.3) is 10.9 Å². The van der Waals surface area contributed by atoms with Gasteiger partial charge in [0.25, 0.3) is 5.91 Å². The number of carbonyl (C=O) groups is 1. The molecule has 1 N–H and O–H groups in total. The Morgan fingerprint density at radius 3 is 2.81 bits per heavy atom. The Hall–Kier alpha value is -3.26. The second-order valence-electron chi connectivity index (χ2n) is 8.45. The lowest BCUT2D eigenvalue weighted by Crippen LogP contribution is -2.51. The molecule has 0 spiro atoms. The van der Waals surface area contributed by atoms with Gasteiger partial charge in [0, 0.05) is 18.5 Å². The first-order valence-electron chi connectivity index (χ1n) is 10.7. The first-order valence-corrected chi connectivity index (χ1v) is 10.7. The third kappa shape index (κ3) is 4.03. The molecule has 2 bridgehead atoms. The van der Waals surface area contributed by atoms with Gasteiger partial charge in [-0.3, -0.25) is 9.69 Å². The Morgan fingerprint density at radius 2 is 2.00 bits per heavy atom. The van der Waals surface area contributed by atoms with Crippen LogP contribution in [-0.4, -0.2) is 57.2 Å². The molecule has 8 heteroatoms. The van der Waals surface area contributed by atoms with Crippen molar-refractivity contribution in [2.24, 2.45) is 10.9 Å². The highest BCUT2D eigenvalue weighted by Crippen LogP contribution is 2.25. The molecule has 0 aliphatic carbocycles. The first-order chi connectivity index (χ1) is 15.1. The van der Waals surface area contributed by atoms with Crippen molar-refractivity contribution in [3.8, 4) is 0 Å². The van der Waals surface area contributed by atoms with Gasteiger partial charge in [-0.05, 0) is 30.2 Å². The zero-order valence-electron chi connectivity index (χ0n) is 17.8. The topological polar surface area (TPSA) is 86.9 Å². The van der Waals surface area contributed by atoms with Gasteiger partial charge in [0.1, 0.15) is 23.5 Å². The number of carbonyl (C=O) groups excluding carboxylic acids is 1. The second kappa shape index (κ2) is 8.11. The van der Waals surface area contributed by atoms with E-state index < -0.39 is 6.04 Å². The van der Waals surface area contributed by atoms with E-state index in [2.05, 4.69) is 20.1 Å². The van der Waals surface area contributed by atoms with Gasteiger partial charge in [-0.15, -0.1) is 0 Å². The number of para-hydroxylation sites is 1. The molecule has 2 aliphatic heterocycles. The Balaban J connectivity index is 1.51.